The van der Waals surface area contributed by atoms with Crippen LogP contribution < -0.4 is 10.3 Å². The van der Waals surface area contributed by atoms with E-state index >= 15 is 0 Å². The minimum Gasteiger partial charge on any atom is -0.456 e. The summed E-state index contributed by atoms with van der Waals surface area (Å²) in [7, 11) is -3.88. The first-order valence-corrected chi connectivity index (χ1v) is 10.2. The van der Waals surface area contributed by atoms with Gasteiger partial charge in [0.25, 0.3) is 15.9 Å². The average molecular weight is 445 g/mol. The first kappa shape index (κ1) is 17.7. The summed E-state index contributed by atoms with van der Waals surface area (Å²) in [5.74, 6) is -0.569. The molecule has 0 bridgehead atoms. The van der Waals surface area contributed by atoms with E-state index in [2.05, 4.69) is 26.2 Å². The Morgan fingerprint density at radius 1 is 0.889 bits per heavy atom. The van der Waals surface area contributed by atoms with Crippen molar-refractivity contribution in [2.24, 2.45) is 0 Å². The van der Waals surface area contributed by atoms with Crippen LogP contribution in [0.15, 0.2) is 80.5 Å². The Morgan fingerprint density at radius 3 is 2.48 bits per heavy atom. The molecule has 0 radical (unpaired) electrons. The molecule has 4 aromatic rings. The molecular weight excluding hydrogens is 432 g/mol. The van der Waals surface area contributed by atoms with Crippen molar-refractivity contribution < 1.29 is 17.6 Å². The van der Waals surface area contributed by atoms with E-state index in [1.807, 2.05) is 24.3 Å². The number of halogens is 1. The predicted molar refractivity (Wildman–Crippen MR) is 106 cm³/mol. The molecule has 8 heteroatoms. The van der Waals surface area contributed by atoms with Crippen molar-refractivity contribution >= 4 is 53.8 Å². The normalized spacial score (nSPS) is 11.7. The van der Waals surface area contributed by atoms with Crippen LogP contribution in [0.4, 0.5) is 0 Å². The zero-order valence-electron chi connectivity index (χ0n) is 13.8. The lowest BCUT2D eigenvalue weighted by Gasteiger charge is -2.09. The Balaban J connectivity index is 1.58. The molecule has 0 aliphatic heterocycles. The van der Waals surface area contributed by atoms with E-state index in [1.54, 1.807) is 30.3 Å². The Hall–Kier alpha value is -2.68. The Kier molecular flexibility index (Phi) is 4.47. The number of carbonyl (C=O) groups is 1. The van der Waals surface area contributed by atoms with Crippen LogP contribution in [0.5, 0.6) is 0 Å². The number of para-hydroxylation sites is 1. The molecule has 1 heterocycles. The van der Waals surface area contributed by atoms with E-state index in [1.165, 1.54) is 12.1 Å². The van der Waals surface area contributed by atoms with Gasteiger partial charge in [0.2, 0.25) is 0 Å². The van der Waals surface area contributed by atoms with Crippen molar-refractivity contribution in [1.82, 2.24) is 10.3 Å². The van der Waals surface area contributed by atoms with Crippen LogP contribution in [-0.4, -0.2) is 14.3 Å². The highest BCUT2D eigenvalue weighted by Gasteiger charge is 2.17. The maximum atomic E-state index is 12.4. The van der Waals surface area contributed by atoms with E-state index in [4.69, 9.17) is 4.42 Å². The van der Waals surface area contributed by atoms with Crippen molar-refractivity contribution in [3.63, 3.8) is 0 Å². The van der Waals surface area contributed by atoms with E-state index in [-0.39, 0.29) is 4.90 Å². The fraction of sp³-hybridized carbons (Fsp3) is 0. The summed E-state index contributed by atoms with van der Waals surface area (Å²) in [6.45, 7) is 0. The molecule has 4 rings (SSSR count). The molecule has 1 aromatic heterocycles. The molecule has 0 saturated carbocycles. The molecule has 6 nitrogen and oxygen atoms in total. The molecule has 0 saturated heterocycles. The second-order valence-corrected chi connectivity index (χ2v) is 8.42. The lowest BCUT2D eigenvalue weighted by atomic mass is 10.1. The van der Waals surface area contributed by atoms with Crippen molar-refractivity contribution in [2.75, 3.05) is 0 Å². The van der Waals surface area contributed by atoms with Crippen LogP contribution in [0.2, 0.25) is 0 Å². The molecule has 27 heavy (non-hydrogen) atoms. The van der Waals surface area contributed by atoms with E-state index in [0.29, 0.717) is 15.6 Å². The number of amides is 1. The SMILES string of the molecule is O=C(NNS(=O)(=O)c1cccc(Br)c1)c1ccc2oc3ccccc3c2c1. The first-order chi connectivity index (χ1) is 12.9. The number of hydrogen-bond donors (Lipinski definition) is 2. The fourth-order valence-electron chi connectivity index (χ4n) is 2.75. The number of benzene rings is 3. The zero-order chi connectivity index (χ0) is 19.0. The maximum absolute atomic E-state index is 12.4. The number of furan rings is 1. The van der Waals surface area contributed by atoms with Gasteiger partial charge >= 0.3 is 0 Å². The van der Waals surface area contributed by atoms with Gasteiger partial charge in [-0.1, -0.05) is 40.2 Å². The summed E-state index contributed by atoms with van der Waals surface area (Å²) < 4.78 is 31.0. The number of hydrazine groups is 1. The summed E-state index contributed by atoms with van der Waals surface area (Å²) in [5.41, 5.74) is 3.93. The highest BCUT2D eigenvalue weighted by atomic mass is 79.9. The van der Waals surface area contributed by atoms with Gasteiger partial charge in [-0.3, -0.25) is 10.2 Å². The topological polar surface area (TPSA) is 88.4 Å². The molecule has 0 aliphatic carbocycles. The number of hydrogen-bond acceptors (Lipinski definition) is 4. The monoisotopic (exact) mass is 444 g/mol. The minimum atomic E-state index is -3.88. The zero-order valence-corrected chi connectivity index (χ0v) is 16.2. The Morgan fingerprint density at radius 2 is 1.67 bits per heavy atom. The molecule has 0 atom stereocenters. The molecule has 0 spiro atoms. The highest BCUT2D eigenvalue weighted by Crippen LogP contribution is 2.29. The van der Waals surface area contributed by atoms with Crippen LogP contribution in [0.3, 0.4) is 0 Å². The summed E-state index contributed by atoms with van der Waals surface area (Å²) in [4.78, 5) is 14.6. The van der Waals surface area contributed by atoms with Gasteiger partial charge in [0, 0.05) is 20.8 Å². The van der Waals surface area contributed by atoms with Crippen molar-refractivity contribution in [1.29, 1.82) is 0 Å². The third-order valence-electron chi connectivity index (χ3n) is 4.04. The lowest BCUT2D eigenvalue weighted by Crippen LogP contribution is -2.41. The summed E-state index contributed by atoms with van der Waals surface area (Å²) in [6.07, 6.45) is 0. The molecule has 136 valence electrons. The van der Waals surface area contributed by atoms with Crippen LogP contribution in [0.1, 0.15) is 10.4 Å². The van der Waals surface area contributed by atoms with Gasteiger partial charge in [-0.15, -0.1) is 4.83 Å². The molecule has 0 fully saturated rings. The number of fused-ring (bicyclic) bond motifs is 3. The quantitative estimate of drug-likeness (QED) is 0.466. The Bertz CT molecular complexity index is 1280. The van der Waals surface area contributed by atoms with Gasteiger partial charge in [-0.25, -0.2) is 8.42 Å². The highest BCUT2D eigenvalue weighted by molar-refractivity contribution is 9.10. The molecule has 2 N–H and O–H groups in total. The number of rotatable bonds is 4. The number of nitrogens with one attached hydrogen (secondary N) is 2. The van der Waals surface area contributed by atoms with Gasteiger partial charge in [-0.2, -0.15) is 0 Å². The smallest absolute Gasteiger partial charge is 0.266 e. The molecule has 1 amide bonds. The minimum absolute atomic E-state index is 0.0356. The van der Waals surface area contributed by atoms with Crippen LogP contribution in [-0.2, 0) is 10.0 Å². The average Bonchev–Trinajstić information content (AvgIpc) is 3.04. The summed E-state index contributed by atoms with van der Waals surface area (Å²) >= 11 is 3.22. The molecule has 3 aromatic carbocycles. The lowest BCUT2D eigenvalue weighted by molar-refractivity contribution is 0.0945. The van der Waals surface area contributed by atoms with Gasteiger partial charge in [-0.05, 0) is 42.5 Å². The van der Waals surface area contributed by atoms with E-state index in [0.717, 1.165) is 16.4 Å². The van der Waals surface area contributed by atoms with Gasteiger partial charge in [0.15, 0.2) is 0 Å². The van der Waals surface area contributed by atoms with Gasteiger partial charge in [0.05, 0.1) is 4.90 Å². The number of carbonyl (C=O) groups excluding carboxylic acids is 1. The van der Waals surface area contributed by atoms with Crippen LogP contribution in [0.25, 0.3) is 21.9 Å². The third-order valence-corrected chi connectivity index (χ3v) is 5.78. The maximum Gasteiger partial charge on any atom is 0.266 e. The van der Waals surface area contributed by atoms with E-state index in [9.17, 15) is 13.2 Å². The second kappa shape index (κ2) is 6.80. The van der Waals surface area contributed by atoms with Crippen LogP contribution >= 0.6 is 15.9 Å². The van der Waals surface area contributed by atoms with Gasteiger partial charge < -0.3 is 4.42 Å². The first-order valence-electron chi connectivity index (χ1n) is 7.93. The van der Waals surface area contributed by atoms with Crippen molar-refractivity contribution in [3.05, 3.63) is 76.8 Å². The van der Waals surface area contributed by atoms with Crippen LogP contribution in [0, 0.1) is 0 Å². The molecule has 0 aliphatic rings. The van der Waals surface area contributed by atoms with Crippen molar-refractivity contribution in [2.45, 2.75) is 4.90 Å². The third kappa shape index (κ3) is 3.46. The second-order valence-electron chi connectivity index (χ2n) is 5.83. The summed E-state index contributed by atoms with van der Waals surface area (Å²) in [6, 6.07) is 18.6. The van der Waals surface area contributed by atoms with E-state index < -0.39 is 15.9 Å². The molecular formula is C19H13BrN2O4S. The number of sulfonamides is 1. The predicted octanol–water partition coefficient (Wildman–Crippen LogP) is 3.97. The Labute approximate surface area is 163 Å². The summed E-state index contributed by atoms with van der Waals surface area (Å²) in [5, 5.41) is 1.67. The fourth-order valence-corrected chi connectivity index (χ4v) is 4.18. The molecule has 0 unspecified atom stereocenters. The standard InChI is InChI=1S/C19H13BrN2O4S/c20-13-4-3-5-14(11-13)27(24,25)22-21-19(23)12-8-9-18-16(10-12)15-6-1-2-7-17(15)26-18/h1-11,22H,(H,21,23). The van der Waals surface area contributed by atoms with Gasteiger partial charge in [0.1, 0.15) is 11.2 Å². The van der Waals surface area contributed by atoms with Crippen molar-refractivity contribution in [3.8, 4) is 0 Å². The largest absolute Gasteiger partial charge is 0.456 e.